The summed E-state index contributed by atoms with van der Waals surface area (Å²) in [5.41, 5.74) is 0. The fourth-order valence-corrected chi connectivity index (χ4v) is 1.03. The molecule has 0 radical (unpaired) electrons. The highest BCUT2D eigenvalue weighted by atomic mass is 19.1. The van der Waals surface area contributed by atoms with Gasteiger partial charge in [-0.3, -0.25) is 4.79 Å². The van der Waals surface area contributed by atoms with E-state index in [0.29, 0.717) is 0 Å². The first-order chi connectivity index (χ1) is 7.00. The van der Waals surface area contributed by atoms with Crippen LogP contribution < -0.4 is 5.32 Å². The van der Waals surface area contributed by atoms with E-state index in [9.17, 15) is 9.18 Å². The van der Waals surface area contributed by atoms with Crippen molar-refractivity contribution >= 4 is 11.9 Å². The number of likely N-dealkylation sites (N-methyl/N-ethyl adjacent to an activating group) is 1. The molecule has 15 heavy (non-hydrogen) atoms. The molecule has 1 heterocycles. The van der Waals surface area contributed by atoms with Crippen molar-refractivity contribution in [3.8, 4) is 0 Å². The first kappa shape index (κ1) is 11.4. The third-order valence-electron chi connectivity index (χ3n) is 1.78. The van der Waals surface area contributed by atoms with Crippen molar-refractivity contribution in [3.05, 3.63) is 18.2 Å². The van der Waals surface area contributed by atoms with Crippen molar-refractivity contribution in [2.45, 2.75) is 13.0 Å². The van der Waals surface area contributed by atoms with Crippen LogP contribution in [0.5, 0.6) is 0 Å². The first-order valence-corrected chi connectivity index (χ1v) is 4.46. The summed E-state index contributed by atoms with van der Waals surface area (Å²) in [4.78, 5) is 20.3. The number of anilines is 1. The number of hydrogen-bond donors (Lipinski definition) is 1. The van der Waals surface area contributed by atoms with E-state index in [0.717, 1.165) is 12.4 Å². The summed E-state index contributed by atoms with van der Waals surface area (Å²) >= 11 is 0. The molecule has 0 bridgehead atoms. The van der Waals surface area contributed by atoms with Gasteiger partial charge in [-0.2, -0.15) is 0 Å². The van der Waals surface area contributed by atoms with Gasteiger partial charge in [0.15, 0.2) is 5.82 Å². The molecule has 0 saturated heterocycles. The lowest BCUT2D eigenvalue weighted by Crippen LogP contribution is -2.37. The van der Waals surface area contributed by atoms with Gasteiger partial charge >= 0.3 is 0 Å². The molecular weight excluding hydrogens is 199 g/mol. The molecule has 1 rings (SSSR count). The highest BCUT2D eigenvalue weighted by Gasteiger charge is 2.15. The average Bonchev–Trinajstić information content (AvgIpc) is 2.20. The molecule has 0 saturated carbocycles. The molecule has 1 aromatic heterocycles. The van der Waals surface area contributed by atoms with Crippen molar-refractivity contribution < 1.29 is 9.18 Å². The Morgan fingerprint density at radius 2 is 2.00 bits per heavy atom. The van der Waals surface area contributed by atoms with Crippen LogP contribution in [0.1, 0.15) is 6.92 Å². The van der Waals surface area contributed by atoms with E-state index in [1.807, 2.05) is 0 Å². The zero-order valence-corrected chi connectivity index (χ0v) is 8.86. The smallest absolute Gasteiger partial charge is 0.244 e. The van der Waals surface area contributed by atoms with Crippen LogP contribution in [-0.2, 0) is 4.79 Å². The first-order valence-electron chi connectivity index (χ1n) is 4.46. The van der Waals surface area contributed by atoms with Gasteiger partial charge in [0, 0.05) is 14.1 Å². The van der Waals surface area contributed by atoms with Crippen molar-refractivity contribution in [2.75, 3.05) is 19.4 Å². The maximum atomic E-state index is 12.5. The number of amides is 1. The van der Waals surface area contributed by atoms with Crippen LogP contribution in [-0.4, -0.2) is 40.9 Å². The molecular formula is C9H13FN4O. The highest BCUT2D eigenvalue weighted by molar-refractivity contribution is 5.83. The van der Waals surface area contributed by atoms with Crippen LogP contribution in [0, 0.1) is 5.82 Å². The van der Waals surface area contributed by atoms with Gasteiger partial charge in [0.25, 0.3) is 0 Å². The molecule has 1 aromatic rings. The molecule has 0 fully saturated rings. The number of halogens is 1. The van der Waals surface area contributed by atoms with E-state index in [1.54, 1.807) is 21.0 Å². The zero-order valence-electron chi connectivity index (χ0n) is 8.86. The Labute approximate surface area is 87.3 Å². The van der Waals surface area contributed by atoms with Gasteiger partial charge in [-0.15, -0.1) is 0 Å². The lowest BCUT2D eigenvalue weighted by atomic mass is 10.3. The Kier molecular flexibility index (Phi) is 3.54. The zero-order chi connectivity index (χ0) is 11.4. The van der Waals surface area contributed by atoms with E-state index in [1.165, 1.54) is 4.90 Å². The lowest BCUT2D eigenvalue weighted by molar-refractivity contribution is -0.129. The minimum absolute atomic E-state index is 0.0945. The number of hydrogen-bond acceptors (Lipinski definition) is 4. The van der Waals surface area contributed by atoms with Gasteiger partial charge < -0.3 is 10.2 Å². The normalized spacial score (nSPS) is 12.0. The minimum atomic E-state index is -0.507. The number of rotatable bonds is 3. The van der Waals surface area contributed by atoms with Crippen LogP contribution in [0.15, 0.2) is 12.4 Å². The molecule has 82 valence electrons. The molecule has 0 aliphatic heterocycles. The minimum Gasteiger partial charge on any atom is -0.347 e. The van der Waals surface area contributed by atoms with Gasteiger partial charge in [0.1, 0.15) is 6.04 Å². The Bertz CT molecular complexity index is 338. The fraction of sp³-hybridized carbons (Fsp3) is 0.444. The second-order valence-electron chi connectivity index (χ2n) is 3.32. The molecule has 0 aromatic carbocycles. The fourth-order valence-electron chi connectivity index (χ4n) is 1.03. The second kappa shape index (κ2) is 4.68. The van der Waals surface area contributed by atoms with Crippen molar-refractivity contribution in [1.82, 2.24) is 14.9 Å². The Morgan fingerprint density at radius 3 is 2.47 bits per heavy atom. The highest BCUT2D eigenvalue weighted by Crippen LogP contribution is 2.01. The van der Waals surface area contributed by atoms with E-state index < -0.39 is 11.9 Å². The predicted octanol–water partition coefficient (Wildman–Crippen LogP) is 0.504. The van der Waals surface area contributed by atoms with E-state index in [-0.39, 0.29) is 11.9 Å². The number of nitrogens with one attached hydrogen (secondary N) is 1. The van der Waals surface area contributed by atoms with Crippen LogP contribution in [0.4, 0.5) is 10.3 Å². The topological polar surface area (TPSA) is 58.1 Å². The Balaban J connectivity index is 2.62. The SMILES string of the molecule is CC(Nc1ncc(F)cn1)C(=O)N(C)C. The number of carbonyl (C=O) groups is 1. The monoisotopic (exact) mass is 212 g/mol. The summed E-state index contributed by atoms with van der Waals surface area (Å²) in [6.45, 7) is 1.69. The van der Waals surface area contributed by atoms with Gasteiger partial charge in [-0.1, -0.05) is 0 Å². The molecule has 1 atom stereocenters. The maximum absolute atomic E-state index is 12.5. The van der Waals surface area contributed by atoms with Gasteiger partial charge in [0.2, 0.25) is 11.9 Å². The quantitative estimate of drug-likeness (QED) is 0.792. The van der Waals surface area contributed by atoms with Crippen LogP contribution in [0.3, 0.4) is 0 Å². The molecule has 1 amide bonds. The lowest BCUT2D eigenvalue weighted by Gasteiger charge is -2.17. The number of aromatic nitrogens is 2. The molecule has 0 spiro atoms. The van der Waals surface area contributed by atoms with E-state index in [4.69, 9.17) is 0 Å². The molecule has 0 aliphatic rings. The third-order valence-corrected chi connectivity index (χ3v) is 1.78. The van der Waals surface area contributed by atoms with Crippen molar-refractivity contribution in [2.24, 2.45) is 0 Å². The van der Waals surface area contributed by atoms with Crippen LogP contribution in [0.2, 0.25) is 0 Å². The van der Waals surface area contributed by atoms with E-state index >= 15 is 0 Å². The molecule has 1 unspecified atom stereocenters. The summed E-state index contributed by atoms with van der Waals surface area (Å²) in [5.74, 6) is -0.367. The predicted molar refractivity (Wildman–Crippen MR) is 53.8 cm³/mol. The third kappa shape index (κ3) is 3.16. The summed E-state index contributed by atoms with van der Waals surface area (Å²) in [6, 6.07) is -0.439. The molecule has 1 N–H and O–H groups in total. The van der Waals surface area contributed by atoms with Gasteiger partial charge in [-0.25, -0.2) is 14.4 Å². The summed E-state index contributed by atoms with van der Waals surface area (Å²) in [7, 11) is 3.32. The van der Waals surface area contributed by atoms with Gasteiger partial charge in [-0.05, 0) is 6.92 Å². The Hall–Kier alpha value is -1.72. The van der Waals surface area contributed by atoms with Crippen molar-refractivity contribution in [3.63, 3.8) is 0 Å². The van der Waals surface area contributed by atoms with Gasteiger partial charge in [0.05, 0.1) is 12.4 Å². The summed E-state index contributed by atoms with van der Waals surface area (Å²) < 4.78 is 12.5. The number of nitrogens with zero attached hydrogens (tertiary/aromatic N) is 3. The van der Waals surface area contributed by atoms with Crippen LogP contribution >= 0.6 is 0 Å². The largest absolute Gasteiger partial charge is 0.347 e. The standard InChI is InChI=1S/C9H13FN4O/c1-6(8(15)14(2)3)13-9-11-4-7(10)5-12-9/h4-6H,1-3H3,(H,11,12,13). The number of carbonyl (C=O) groups excluding carboxylic acids is 1. The average molecular weight is 212 g/mol. The van der Waals surface area contributed by atoms with E-state index in [2.05, 4.69) is 15.3 Å². The van der Waals surface area contributed by atoms with Crippen molar-refractivity contribution in [1.29, 1.82) is 0 Å². The molecule has 5 nitrogen and oxygen atoms in total. The Morgan fingerprint density at radius 1 is 1.47 bits per heavy atom. The summed E-state index contributed by atoms with van der Waals surface area (Å²) in [6.07, 6.45) is 2.09. The molecule has 6 heteroatoms. The molecule has 0 aliphatic carbocycles. The summed E-state index contributed by atoms with van der Waals surface area (Å²) in [5, 5.41) is 2.77. The second-order valence-corrected chi connectivity index (χ2v) is 3.32. The van der Waals surface area contributed by atoms with Crippen LogP contribution in [0.25, 0.3) is 0 Å². The maximum Gasteiger partial charge on any atom is 0.244 e.